The van der Waals surface area contributed by atoms with Crippen LogP contribution in [0.15, 0.2) is 0 Å². The van der Waals surface area contributed by atoms with Crippen LogP contribution in [-0.2, 0) is 9.59 Å². The summed E-state index contributed by atoms with van der Waals surface area (Å²) in [5, 5.41) is 5.95. The highest BCUT2D eigenvalue weighted by molar-refractivity contribution is 5.83. The Balaban J connectivity index is 2.34. The minimum atomic E-state index is -0.387. The van der Waals surface area contributed by atoms with Crippen molar-refractivity contribution in [1.29, 1.82) is 0 Å². The van der Waals surface area contributed by atoms with Gasteiger partial charge in [0, 0.05) is 19.5 Å². The molecule has 15 heavy (non-hydrogen) atoms. The zero-order valence-corrected chi connectivity index (χ0v) is 9.14. The molecule has 1 aliphatic rings. The van der Waals surface area contributed by atoms with Gasteiger partial charge in [0.05, 0.1) is 5.41 Å². The third-order valence-corrected chi connectivity index (χ3v) is 2.80. The average molecular weight is 213 g/mol. The summed E-state index contributed by atoms with van der Waals surface area (Å²) in [5.74, 6) is -0.377. The van der Waals surface area contributed by atoms with Crippen molar-refractivity contribution in [3.8, 4) is 0 Å². The van der Waals surface area contributed by atoms with Gasteiger partial charge in [0.2, 0.25) is 11.8 Å². The summed E-state index contributed by atoms with van der Waals surface area (Å²) in [7, 11) is 0. The SMILES string of the molecule is CC1(C(=O)NCCC(N)=O)CCCNC1. The Morgan fingerprint density at radius 2 is 2.27 bits per heavy atom. The minimum absolute atomic E-state index is 0.0101. The number of hydrogen-bond acceptors (Lipinski definition) is 3. The summed E-state index contributed by atoms with van der Waals surface area (Å²) in [4.78, 5) is 22.3. The predicted octanol–water partition coefficient (Wildman–Crippen LogP) is -0.632. The number of hydrogen-bond donors (Lipinski definition) is 3. The lowest BCUT2D eigenvalue weighted by Gasteiger charge is -2.32. The van der Waals surface area contributed by atoms with Gasteiger partial charge in [-0.25, -0.2) is 0 Å². The zero-order chi connectivity index (χ0) is 11.3. The van der Waals surface area contributed by atoms with Crippen LogP contribution < -0.4 is 16.4 Å². The highest BCUT2D eigenvalue weighted by atomic mass is 16.2. The van der Waals surface area contributed by atoms with Crippen molar-refractivity contribution in [1.82, 2.24) is 10.6 Å². The Bertz CT molecular complexity index is 247. The van der Waals surface area contributed by atoms with Crippen LogP contribution in [0.1, 0.15) is 26.2 Å². The number of nitrogens with two attached hydrogens (primary N) is 1. The molecule has 0 aliphatic carbocycles. The van der Waals surface area contributed by atoms with Crippen LogP contribution >= 0.6 is 0 Å². The molecular weight excluding hydrogens is 194 g/mol. The third-order valence-electron chi connectivity index (χ3n) is 2.80. The maximum Gasteiger partial charge on any atom is 0.227 e. The summed E-state index contributed by atoms with van der Waals surface area (Å²) in [6, 6.07) is 0. The van der Waals surface area contributed by atoms with Gasteiger partial charge < -0.3 is 16.4 Å². The molecule has 5 nitrogen and oxygen atoms in total. The van der Waals surface area contributed by atoms with E-state index in [4.69, 9.17) is 5.73 Å². The minimum Gasteiger partial charge on any atom is -0.370 e. The monoisotopic (exact) mass is 213 g/mol. The number of nitrogens with one attached hydrogen (secondary N) is 2. The molecule has 86 valence electrons. The highest BCUT2D eigenvalue weighted by Gasteiger charge is 2.34. The lowest BCUT2D eigenvalue weighted by molar-refractivity contribution is -0.131. The van der Waals surface area contributed by atoms with E-state index >= 15 is 0 Å². The van der Waals surface area contributed by atoms with E-state index in [9.17, 15) is 9.59 Å². The fourth-order valence-corrected chi connectivity index (χ4v) is 1.76. The number of rotatable bonds is 4. The van der Waals surface area contributed by atoms with Crippen LogP contribution in [0.2, 0.25) is 0 Å². The van der Waals surface area contributed by atoms with Crippen LogP contribution in [0, 0.1) is 5.41 Å². The van der Waals surface area contributed by atoms with Crippen molar-refractivity contribution in [2.24, 2.45) is 11.1 Å². The van der Waals surface area contributed by atoms with Gasteiger partial charge in [-0.1, -0.05) is 0 Å². The molecule has 0 aromatic carbocycles. The first-order chi connectivity index (χ1) is 7.04. The molecule has 0 spiro atoms. The molecule has 2 amide bonds. The van der Waals surface area contributed by atoms with Gasteiger partial charge in [-0.2, -0.15) is 0 Å². The Kier molecular flexibility index (Phi) is 4.08. The van der Waals surface area contributed by atoms with Gasteiger partial charge in [0.25, 0.3) is 0 Å². The molecule has 4 N–H and O–H groups in total. The van der Waals surface area contributed by atoms with Gasteiger partial charge in [0.15, 0.2) is 0 Å². The second-order valence-corrected chi connectivity index (χ2v) is 4.31. The third kappa shape index (κ3) is 3.51. The molecule has 1 unspecified atom stereocenters. The van der Waals surface area contributed by atoms with Crippen LogP contribution in [0.5, 0.6) is 0 Å². The molecular formula is C10H19N3O2. The van der Waals surface area contributed by atoms with Crippen LogP contribution in [0.25, 0.3) is 0 Å². The van der Waals surface area contributed by atoms with Crippen molar-refractivity contribution in [3.05, 3.63) is 0 Å². The summed E-state index contributed by atoms with van der Waals surface area (Å²) in [6.45, 7) is 3.96. The molecule has 0 saturated carbocycles. The first-order valence-electron chi connectivity index (χ1n) is 5.32. The number of piperidine rings is 1. The topological polar surface area (TPSA) is 84.2 Å². The van der Waals surface area contributed by atoms with Crippen molar-refractivity contribution >= 4 is 11.8 Å². The highest BCUT2D eigenvalue weighted by Crippen LogP contribution is 2.25. The molecule has 0 aromatic rings. The summed E-state index contributed by atoms with van der Waals surface area (Å²) >= 11 is 0. The first-order valence-corrected chi connectivity index (χ1v) is 5.32. The van der Waals surface area contributed by atoms with E-state index in [0.29, 0.717) is 13.1 Å². The van der Waals surface area contributed by atoms with Crippen LogP contribution in [-0.4, -0.2) is 31.4 Å². The van der Waals surface area contributed by atoms with Crippen molar-refractivity contribution in [3.63, 3.8) is 0 Å². The first kappa shape index (κ1) is 12.0. The van der Waals surface area contributed by atoms with E-state index in [1.807, 2.05) is 6.92 Å². The van der Waals surface area contributed by atoms with Crippen LogP contribution in [0.4, 0.5) is 0 Å². The van der Waals surface area contributed by atoms with Gasteiger partial charge in [-0.15, -0.1) is 0 Å². The largest absolute Gasteiger partial charge is 0.370 e. The Hall–Kier alpha value is -1.10. The number of carbonyl (C=O) groups excluding carboxylic acids is 2. The maximum atomic E-state index is 11.8. The molecule has 1 saturated heterocycles. The molecule has 0 radical (unpaired) electrons. The molecule has 1 aliphatic heterocycles. The average Bonchev–Trinajstić information content (AvgIpc) is 2.18. The summed E-state index contributed by atoms with van der Waals surface area (Å²) in [5.41, 5.74) is 4.65. The predicted molar refractivity (Wildman–Crippen MR) is 57.0 cm³/mol. The molecule has 0 bridgehead atoms. The molecule has 5 heteroatoms. The number of primary amides is 1. The van der Waals surface area contributed by atoms with Gasteiger partial charge in [-0.3, -0.25) is 9.59 Å². The lowest BCUT2D eigenvalue weighted by Crippen LogP contribution is -2.49. The van der Waals surface area contributed by atoms with E-state index in [1.165, 1.54) is 0 Å². The van der Waals surface area contributed by atoms with Crippen LogP contribution in [0.3, 0.4) is 0 Å². The fraction of sp³-hybridized carbons (Fsp3) is 0.800. The van der Waals surface area contributed by atoms with Crippen molar-refractivity contribution in [2.45, 2.75) is 26.2 Å². The van der Waals surface area contributed by atoms with Crippen molar-refractivity contribution < 1.29 is 9.59 Å². The molecule has 0 aromatic heterocycles. The Labute approximate surface area is 89.8 Å². The number of amides is 2. The van der Waals surface area contributed by atoms with E-state index in [-0.39, 0.29) is 23.7 Å². The quantitative estimate of drug-likeness (QED) is 0.581. The Morgan fingerprint density at radius 1 is 1.53 bits per heavy atom. The zero-order valence-electron chi connectivity index (χ0n) is 9.14. The second-order valence-electron chi connectivity index (χ2n) is 4.31. The lowest BCUT2D eigenvalue weighted by atomic mass is 9.82. The fourth-order valence-electron chi connectivity index (χ4n) is 1.76. The smallest absolute Gasteiger partial charge is 0.227 e. The summed E-state index contributed by atoms with van der Waals surface area (Å²) in [6.07, 6.45) is 2.11. The van der Waals surface area contributed by atoms with Gasteiger partial charge in [-0.05, 0) is 26.3 Å². The van der Waals surface area contributed by atoms with E-state index < -0.39 is 0 Å². The molecule has 1 rings (SSSR count). The van der Waals surface area contributed by atoms with Gasteiger partial charge >= 0.3 is 0 Å². The number of carbonyl (C=O) groups is 2. The molecule has 1 heterocycles. The second kappa shape index (κ2) is 5.11. The van der Waals surface area contributed by atoms with Crippen molar-refractivity contribution in [2.75, 3.05) is 19.6 Å². The van der Waals surface area contributed by atoms with E-state index in [1.54, 1.807) is 0 Å². The normalized spacial score (nSPS) is 25.9. The maximum absolute atomic E-state index is 11.8. The van der Waals surface area contributed by atoms with E-state index in [2.05, 4.69) is 10.6 Å². The Morgan fingerprint density at radius 3 is 2.80 bits per heavy atom. The standard InChI is InChI=1S/C10H19N3O2/c1-10(4-2-5-12-7-10)9(15)13-6-3-8(11)14/h12H,2-7H2,1H3,(H2,11,14)(H,13,15). The molecule has 1 fully saturated rings. The summed E-state index contributed by atoms with van der Waals surface area (Å²) < 4.78 is 0. The van der Waals surface area contributed by atoms with Gasteiger partial charge in [0.1, 0.15) is 0 Å². The molecule has 1 atom stereocenters. The van der Waals surface area contributed by atoms with E-state index in [0.717, 1.165) is 19.4 Å².